The van der Waals surface area contributed by atoms with E-state index in [9.17, 15) is 19.4 Å². The predicted octanol–water partition coefficient (Wildman–Crippen LogP) is 4.62. The van der Waals surface area contributed by atoms with Gasteiger partial charge in [0.25, 0.3) is 0 Å². The van der Waals surface area contributed by atoms with E-state index in [2.05, 4.69) is 20.9 Å². The zero-order chi connectivity index (χ0) is 17.8. The molecule has 2 N–H and O–H groups in total. The van der Waals surface area contributed by atoms with Crippen LogP contribution in [0.2, 0.25) is 0 Å². The maximum Gasteiger partial charge on any atom is 0.340 e. The lowest BCUT2D eigenvalue weighted by atomic mass is 9.89. The van der Waals surface area contributed by atoms with E-state index < -0.39 is 11.4 Å². The van der Waals surface area contributed by atoms with E-state index in [0.29, 0.717) is 33.9 Å². The number of para-hydroxylation sites is 1. The van der Waals surface area contributed by atoms with Crippen LogP contribution in [0.5, 0.6) is 5.75 Å². The fourth-order valence-corrected chi connectivity index (χ4v) is 3.80. The molecule has 6 heteroatoms. The molecule has 3 aromatic rings. The Balaban J connectivity index is 2.02. The van der Waals surface area contributed by atoms with Crippen molar-refractivity contribution in [3.05, 3.63) is 69.6 Å². The molecule has 126 valence electrons. The quantitative estimate of drug-likeness (QED) is 0.671. The molecule has 1 heterocycles. The number of aromatic nitrogens is 1. The lowest BCUT2D eigenvalue weighted by Crippen LogP contribution is -2.14. The molecule has 1 fully saturated rings. The Kier molecular flexibility index (Phi) is 3.54. The Morgan fingerprint density at radius 3 is 2.44 bits per heavy atom. The standard InChI is InChI=1S/C19H13BrFNO3/c20-13-3-1-2-12-14(18(24)25)16(23)17(22-15(12)13)19(8-9-19)10-4-6-11(21)7-5-10/h1-7,23H,8-9H2,(H,24,25). The number of hydrogen-bond donors (Lipinski definition) is 2. The van der Waals surface area contributed by atoms with Crippen LogP contribution in [0.4, 0.5) is 4.39 Å². The second-order valence-corrected chi connectivity index (χ2v) is 7.07. The van der Waals surface area contributed by atoms with Gasteiger partial charge in [-0.1, -0.05) is 24.3 Å². The van der Waals surface area contributed by atoms with Crippen molar-refractivity contribution in [3.63, 3.8) is 0 Å². The van der Waals surface area contributed by atoms with Gasteiger partial charge in [0, 0.05) is 15.3 Å². The number of fused-ring (bicyclic) bond motifs is 1. The van der Waals surface area contributed by atoms with Crippen LogP contribution in [0.15, 0.2) is 46.9 Å². The summed E-state index contributed by atoms with van der Waals surface area (Å²) in [6.07, 6.45) is 1.43. The zero-order valence-corrected chi connectivity index (χ0v) is 14.5. The van der Waals surface area contributed by atoms with Crippen molar-refractivity contribution < 1.29 is 19.4 Å². The first-order valence-corrected chi connectivity index (χ1v) is 8.54. The first kappa shape index (κ1) is 16.0. The highest BCUT2D eigenvalue weighted by molar-refractivity contribution is 9.10. The molecule has 4 nitrogen and oxygen atoms in total. The van der Waals surface area contributed by atoms with E-state index in [1.165, 1.54) is 12.1 Å². The molecule has 25 heavy (non-hydrogen) atoms. The summed E-state index contributed by atoms with van der Waals surface area (Å²) in [4.78, 5) is 16.4. The van der Waals surface area contributed by atoms with Gasteiger partial charge in [-0.2, -0.15) is 0 Å². The van der Waals surface area contributed by atoms with E-state index in [-0.39, 0.29) is 17.1 Å². The maximum atomic E-state index is 13.3. The van der Waals surface area contributed by atoms with Gasteiger partial charge < -0.3 is 10.2 Å². The number of benzene rings is 2. The fourth-order valence-electron chi connectivity index (χ4n) is 3.35. The number of pyridine rings is 1. The highest BCUT2D eigenvalue weighted by atomic mass is 79.9. The molecule has 1 aromatic heterocycles. The van der Waals surface area contributed by atoms with Crippen LogP contribution in [0.1, 0.15) is 34.5 Å². The van der Waals surface area contributed by atoms with Gasteiger partial charge in [-0.25, -0.2) is 14.2 Å². The average Bonchev–Trinajstić information content (AvgIpc) is 3.36. The lowest BCUT2D eigenvalue weighted by molar-refractivity contribution is 0.0695. The Morgan fingerprint density at radius 1 is 1.16 bits per heavy atom. The van der Waals surface area contributed by atoms with E-state index in [4.69, 9.17) is 0 Å². The second-order valence-electron chi connectivity index (χ2n) is 6.21. The number of halogens is 2. The second kappa shape index (κ2) is 5.52. The molecule has 0 aliphatic heterocycles. The molecule has 0 bridgehead atoms. The van der Waals surface area contributed by atoms with Crippen LogP contribution in [0.3, 0.4) is 0 Å². The summed E-state index contributed by atoms with van der Waals surface area (Å²) < 4.78 is 13.9. The summed E-state index contributed by atoms with van der Waals surface area (Å²) in [5.41, 5.74) is 0.900. The molecule has 0 saturated heterocycles. The number of carboxylic acid groups (broad SMARTS) is 1. The molecule has 0 radical (unpaired) electrons. The van der Waals surface area contributed by atoms with E-state index in [0.717, 1.165) is 5.56 Å². The number of hydrogen-bond acceptors (Lipinski definition) is 3. The molecule has 4 rings (SSSR count). The number of carboxylic acids is 1. The number of carbonyl (C=O) groups is 1. The number of aromatic carboxylic acids is 1. The van der Waals surface area contributed by atoms with E-state index >= 15 is 0 Å². The van der Waals surface area contributed by atoms with Gasteiger partial charge in [0.15, 0.2) is 5.75 Å². The third-order valence-corrected chi connectivity index (χ3v) is 5.39. The summed E-state index contributed by atoms with van der Waals surface area (Å²) in [6.45, 7) is 0. The number of nitrogens with zero attached hydrogens (tertiary/aromatic N) is 1. The summed E-state index contributed by atoms with van der Waals surface area (Å²) in [5, 5.41) is 20.7. The van der Waals surface area contributed by atoms with Crippen LogP contribution < -0.4 is 0 Å². The minimum Gasteiger partial charge on any atom is -0.505 e. The van der Waals surface area contributed by atoms with Gasteiger partial charge in [-0.05, 0) is 52.5 Å². The van der Waals surface area contributed by atoms with Gasteiger partial charge in [-0.3, -0.25) is 0 Å². The Hall–Kier alpha value is -2.47. The minimum atomic E-state index is -1.21. The largest absolute Gasteiger partial charge is 0.505 e. The maximum absolute atomic E-state index is 13.3. The van der Waals surface area contributed by atoms with Gasteiger partial charge in [-0.15, -0.1) is 0 Å². The van der Waals surface area contributed by atoms with Crippen LogP contribution in [0.25, 0.3) is 10.9 Å². The molecule has 0 atom stereocenters. The summed E-state index contributed by atoms with van der Waals surface area (Å²) in [7, 11) is 0. The molecule has 1 aliphatic rings. The molecular weight excluding hydrogens is 389 g/mol. The first-order chi connectivity index (χ1) is 11.9. The van der Waals surface area contributed by atoms with Crippen molar-refractivity contribution in [1.82, 2.24) is 4.98 Å². The van der Waals surface area contributed by atoms with Crippen molar-refractivity contribution in [3.8, 4) is 5.75 Å². The zero-order valence-electron chi connectivity index (χ0n) is 13.0. The van der Waals surface area contributed by atoms with E-state index in [1.54, 1.807) is 30.3 Å². The molecular formula is C19H13BrFNO3. The van der Waals surface area contributed by atoms with Gasteiger partial charge in [0.1, 0.15) is 11.4 Å². The monoisotopic (exact) mass is 401 g/mol. The molecule has 1 saturated carbocycles. The Morgan fingerprint density at radius 2 is 1.84 bits per heavy atom. The molecule has 0 spiro atoms. The highest BCUT2D eigenvalue weighted by Crippen LogP contribution is 2.56. The summed E-state index contributed by atoms with van der Waals surface area (Å²) >= 11 is 3.41. The third kappa shape index (κ3) is 2.40. The van der Waals surface area contributed by atoms with Crippen molar-refractivity contribution >= 4 is 32.8 Å². The average molecular weight is 402 g/mol. The van der Waals surface area contributed by atoms with E-state index in [1.807, 2.05) is 0 Å². The molecule has 2 aromatic carbocycles. The van der Waals surface area contributed by atoms with Crippen molar-refractivity contribution in [2.45, 2.75) is 18.3 Å². The normalized spacial score (nSPS) is 15.3. The first-order valence-electron chi connectivity index (χ1n) is 7.75. The van der Waals surface area contributed by atoms with Crippen molar-refractivity contribution in [1.29, 1.82) is 0 Å². The Labute approximate surface area is 151 Å². The summed E-state index contributed by atoms with van der Waals surface area (Å²) in [6, 6.07) is 11.1. The minimum absolute atomic E-state index is 0.158. The third-order valence-electron chi connectivity index (χ3n) is 4.75. The summed E-state index contributed by atoms with van der Waals surface area (Å²) in [5.74, 6) is -1.87. The number of rotatable bonds is 3. The van der Waals surface area contributed by atoms with Crippen molar-refractivity contribution in [2.75, 3.05) is 0 Å². The smallest absolute Gasteiger partial charge is 0.340 e. The Bertz CT molecular complexity index is 1010. The van der Waals surface area contributed by atoms with Crippen LogP contribution in [-0.4, -0.2) is 21.2 Å². The van der Waals surface area contributed by atoms with Gasteiger partial charge in [0.05, 0.1) is 11.2 Å². The molecule has 0 unspecified atom stereocenters. The van der Waals surface area contributed by atoms with Gasteiger partial charge >= 0.3 is 5.97 Å². The lowest BCUT2D eigenvalue weighted by Gasteiger charge is -2.19. The van der Waals surface area contributed by atoms with Crippen molar-refractivity contribution in [2.24, 2.45) is 0 Å². The number of aromatic hydroxyl groups is 1. The van der Waals surface area contributed by atoms with Crippen LogP contribution in [0, 0.1) is 5.82 Å². The van der Waals surface area contributed by atoms with Gasteiger partial charge in [0.2, 0.25) is 0 Å². The molecule has 1 aliphatic carbocycles. The molecule has 0 amide bonds. The topological polar surface area (TPSA) is 70.4 Å². The highest BCUT2D eigenvalue weighted by Gasteiger charge is 2.50. The predicted molar refractivity (Wildman–Crippen MR) is 94.5 cm³/mol. The fraction of sp³-hybridized carbons (Fsp3) is 0.158. The van der Waals surface area contributed by atoms with Crippen LogP contribution >= 0.6 is 15.9 Å². The SMILES string of the molecule is O=C(O)c1c(O)c(C2(c3ccc(F)cc3)CC2)nc2c(Br)cccc12. The van der Waals surface area contributed by atoms with Crippen LogP contribution in [-0.2, 0) is 5.41 Å².